The Morgan fingerprint density at radius 3 is 2.45 bits per heavy atom. The molecule has 0 radical (unpaired) electrons. The third-order valence-electron chi connectivity index (χ3n) is 1.42. The van der Waals surface area contributed by atoms with Crippen molar-refractivity contribution in [2.45, 2.75) is 0 Å². The largest absolute Gasteiger partial charge is 0.281 e. The molecule has 0 amide bonds. The summed E-state index contributed by atoms with van der Waals surface area (Å²) in [5, 5.41) is 0. The average Bonchev–Trinajstić information content (AvgIpc) is 2.06. The normalized spacial score (nSPS) is 11.3. The van der Waals surface area contributed by atoms with E-state index in [1.54, 1.807) is 11.8 Å². The summed E-state index contributed by atoms with van der Waals surface area (Å²) in [6, 6.07) is 10.0. The van der Waals surface area contributed by atoms with Crippen LogP contribution < -0.4 is 0 Å². The van der Waals surface area contributed by atoms with E-state index in [1.807, 2.05) is 43.6 Å². The Labute approximate surface area is 66.7 Å². The molecule has 11 heavy (non-hydrogen) atoms. The average molecular weight is 150 g/mol. The van der Waals surface area contributed by atoms with Gasteiger partial charge >= 0.3 is 0 Å². The summed E-state index contributed by atoms with van der Waals surface area (Å²) < 4.78 is 1.66. The summed E-state index contributed by atoms with van der Waals surface area (Å²) in [5.74, 6) is 0. The first-order valence-corrected chi connectivity index (χ1v) is 3.50. The number of hydroxylamine groups is 1. The monoisotopic (exact) mass is 150 g/mol. The minimum atomic E-state index is 1.14. The van der Waals surface area contributed by atoms with Gasteiger partial charge in [0, 0.05) is 5.56 Å². The van der Waals surface area contributed by atoms with Crippen LogP contribution in [0.5, 0.6) is 0 Å². The van der Waals surface area contributed by atoms with Crippen molar-refractivity contribution in [2.75, 3.05) is 14.2 Å². The highest BCUT2D eigenvalue weighted by atomic mass is 16.6. The van der Waals surface area contributed by atoms with Gasteiger partial charge in [0.05, 0.1) is 0 Å². The quantitative estimate of drug-likeness (QED) is 0.352. The molecular formula is C9H12NO+. The van der Waals surface area contributed by atoms with E-state index in [0.717, 1.165) is 5.56 Å². The van der Waals surface area contributed by atoms with E-state index in [9.17, 15) is 0 Å². The first-order valence-electron chi connectivity index (χ1n) is 3.50. The molecule has 0 unspecified atom stereocenters. The van der Waals surface area contributed by atoms with Crippen LogP contribution in [0.25, 0.3) is 0 Å². The Morgan fingerprint density at radius 1 is 1.27 bits per heavy atom. The smallest absolute Gasteiger partial charge is 0.222 e. The van der Waals surface area contributed by atoms with Gasteiger partial charge in [-0.25, -0.2) is 0 Å². The Balaban J connectivity index is 2.79. The zero-order valence-electron chi connectivity index (χ0n) is 6.82. The molecule has 1 rings (SSSR count). The van der Waals surface area contributed by atoms with E-state index in [2.05, 4.69) is 0 Å². The van der Waals surface area contributed by atoms with Gasteiger partial charge < -0.3 is 0 Å². The molecule has 0 saturated heterocycles. The van der Waals surface area contributed by atoms with Crippen molar-refractivity contribution in [3.8, 4) is 0 Å². The third kappa shape index (κ3) is 2.42. The second-order valence-electron chi connectivity index (χ2n) is 2.27. The number of benzene rings is 1. The SMILES string of the molecule is CO/[N+](C)=C/c1ccccc1. The van der Waals surface area contributed by atoms with Gasteiger partial charge in [-0.15, -0.1) is 0 Å². The number of hydrogen-bond acceptors (Lipinski definition) is 1. The van der Waals surface area contributed by atoms with Gasteiger partial charge in [-0.2, -0.15) is 0 Å². The van der Waals surface area contributed by atoms with Gasteiger partial charge in [0.2, 0.25) is 6.21 Å². The lowest BCUT2D eigenvalue weighted by molar-refractivity contribution is -0.757. The van der Waals surface area contributed by atoms with Crippen molar-refractivity contribution < 1.29 is 9.58 Å². The van der Waals surface area contributed by atoms with E-state index >= 15 is 0 Å². The highest BCUT2D eigenvalue weighted by Gasteiger charge is 1.93. The van der Waals surface area contributed by atoms with Crippen LogP contribution in [0.1, 0.15) is 5.56 Å². The van der Waals surface area contributed by atoms with Gasteiger partial charge in [-0.05, 0) is 16.9 Å². The van der Waals surface area contributed by atoms with Crippen LogP contribution in [0.15, 0.2) is 30.3 Å². The molecule has 0 aliphatic rings. The van der Waals surface area contributed by atoms with Gasteiger partial charge in [0.25, 0.3) is 0 Å². The van der Waals surface area contributed by atoms with Crippen molar-refractivity contribution in [2.24, 2.45) is 0 Å². The number of rotatable bonds is 2. The molecule has 0 bridgehead atoms. The van der Waals surface area contributed by atoms with E-state index in [-0.39, 0.29) is 0 Å². The van der Waals surface area contributed by atoms with Crippen LogP contribution in [-0.2, 0) is 4.84 Å². The van der Waals surface area contributed by atoms with Gasteiger partial charge in [-0.1, -0.05) is 18.2 Å². The maximum absolute atomic E-state index is 4.93. The summed E-state index contributed by atoms with van der Waals surface area (Å²) in [4.78, 5) is 4.93. The Bertz CT molecular complexity index is 241. The van der Waals surface area contributed by atoms with Crippen LogP contribution in [-0.4, -0.2) is 25.1 Å². The molecule has 1 aromatic rings. The predicted molar refractivity (Wildman–Crippen MR) is 44.8 cm³/mol. The van der Waals surface area contributed by atoms with Crippen molar-refractivity contribution in [1.82, 2.24) is 0 Å². The maximum atomic E-state index is 4.93. The van der Waals surface area contributed by atoms with Crippen molar-refractivity contribution in [3.05, 3.63) is 35.9 Å². The van der Waals surface area contributed by atoms with Crippen LogP contribution in [0.3, 0.4) is 0 Å². The molecule has 0 saturated carbocycles. The van der Waals surface area contributed by atoms with Gasteiger partial charge in [0.15, 0.2) is 7.05 Å². The van der Waals surface area contributed by atoms with Gasteiger partial charge in [0.1, 0.15) is 7.11 Å². The molecule has 0 fully saturated rings. The second-order valence-corrected chi connectivity index (χ2v) is 2.27. The van der Waals surface area contributed by atoms with Crippen LogP contribution >= 0.6 is 0 Å². The molecule has 1 aromatic carbocycles. The van der Waals surface area contributed by atoms with Crippen molar-refractivity contribution in [3.63, 3.8) is 0 Å². The Morgan fingerprint density at radius 2 is 1.91 bits per heavy atom. The molecule has 2 heteroatoms. The Kier molecular flexibility index (Phi) is 2.66. The maximum Gasteiger partial charge on any atom is 0.222 e. The van der Waals surface area contributed by atoms with Crippen LogP contribution in [0.2, 0.25) is 0 Å². The van der Waals surface area contributed by atoms with E-state index in [0.29, 0.717) is 0 Å². The minimum absolute atomic E-state index is 1.14. The number of hydrogen-bond donors (Lipinski definition) is 0. The summed E-state index contributed by atoms with van der Waals surface area (Å²) in [5.41, 5.74) is 1.14. The van der Waals surface area contributed by atoms with Gasteiger partial charge in [-0.3, -0.25) is 4.84 Å². The number of nitrogens with zero attached hydrogens (tertiary/aromatic N) is 1. The summed E-state index contributed by atoms with van der Waals surface area (Å²) in [6.07, 6.45) is 1.92. The predicted octanol–water partition coefficient (Wildman–Crippen LogP) is 1.31. The van der Waals surface area contributed by atoms with Crippen LogP contribution in [0.4, 0.5) is 0 Å². The first-order chi connectivity index (χ1) is 5.33. The lowest BCUT2D eigenvalue weighted by atomic mass is 10.2. The molecule has 0 spiro atoms. The van der Waals surface area contributed by atoms with Crippen LogP contribution in [0, 0.1) is 0 Å². The lowest BCUT2D eigenvalue weighted by Crippen LogP contribution is -2.04. The molecule has 0 heterocycles. The first kappa shape index (κ1) is 7.79. The fraction of sp³-hybridized carbons (Fsp3) is 0.222. The molecule has 0 atom stereocenters. The molecule has 0 aliphatic heterocycles. The van der Waals surface area contributed by atoms with Crippen molar-refractivity contribution >= 4 is 6.21 Å². The lowest BCUT2D eigenvalue weighted by Gasteiger charge is -1.90. The highest BCUT2D eigenvalue weighted by molar-refractivity contribution is 5.74. The fourth-order valence-corrected chi connectivity index (χ4v) is 0.802. The molecule has 0 aromatic heterocycles. The standard InChI is InChI=1S/C9H12NO/c1-10(11-2)8-9-6-4-3-5-7-9/h3-8H,1-2H3/q+1/b10-8+. The third-order valence-corrected chi connectivity index (χ3v) is 1.42. The zero-order chi connectivity index (χ0) is 8.10. The fourth-order valence-electron chi connectivity index (χ4n) is 0.802. The van der Waals surface area contributed by atoms with E-state index < -0.39 is 0 Å². The minimum Gasteiger partial charge on any atom is -0.281 e. The molecule has 2 nitrogen and oxygen atoms in total. The molecular weight excluding hydrogens is 138 g/mol. The molecule has 0 N–H and O–H groups in total. The summed E-state index contributed by atoms with van der Waals surface area (Å²) in [6.45, 7) is 0. The second kappa shape index (κ2) is 3.76. The topological polar surface area (TPSA) is 12.2 Å². The summed E-state index contributed by atoms with van der Waals surface area (Å²) in [7, 11) is 3.49. The van der Waals surface area contributed by atoms with E-state index in [1.165, 1.54) is 0 Å². The van der Waals surface area contributed by atoms with Crippen molar-refractivity contribution in [1.29, 1.82) is 0 Å². The Hall–Kier alpha value is -1.31. The highest BCUT2D eigenvalue weighted by Crippen LogP contribution is 1.93. The zero-order valence-corrected chi connectivity index (χ0v) is 6.82. The summed E-state index contributed by atoms with van der Waals surface area (Å²) >= 11 is 0. The van der Waals surface area contributed by atoms with E-state index in [4.69, 9.17) is 4.84 Å². The molecule has 58 valence electrons. The molecule has 0 aliphatic carbocycles.